The number of hydrogen-bond donors (Lipinski definition) is 1. The van der Waals surface area contributed by atoms with E-state index in [1.54, 1.807) is 26.8 Å². The molecule has 0 aromatic heterocycles. The minimum absolute atomic E-state index is 0.0533. The van der Waals surface area contributed by atoms with Crippen molar-refractivity contribution in [3.8, 4) is 0 Å². The summed E-state index contributed by atoms with van der Waals surface area (Å²) < 4.78 is 28.9. The van der Waals surface area contributed by atoms with Gasteiger partial charge in [0.15, 0.2) is 0 Å². The first-order chi connectivity index (χ1) is 11.5. The van der Waals surface area contributed by atoms with Gasteiger partial charge in [0.2, 0.25) is 0 Å². The van der Waals surface area contributed by atoms with Gasteiger partial charge in [0.05, 0.1) is 5.56 Å². The number of rotatable bonds is 4. The summed E-state index contributed by atoms with van der Waals surface area (Å²) in [6.07, 6.45) is 4.63. The molecule has 2 saturated heterocycles. The summed E-state index contributed by atoms with van der Waals surface area (Å²) in [6, 6.07) is 6.87. The Balaban J connectivity index is 1.76. The summed E-state index contributed by atoms with van der Waals surface area (Å²) in [5, 5.41) is 9.15. The molecule has 6 nitrogen and oxygen atoms in total. The van der Waals surface area contributed by atoms with Crippen molar-refractivity contribution in [1.29, 1.82) is 0 Å². The summed E-state index contributed by atoms with van der Waals surface area (Å²) >= 11 is 0. The Labute approximate surface area is 143 Å². The second-order valence-corrected chi connectivity index (χ2v) is 8.52. The minimum Gasteiger partial charge on any atom is -0.478 e. The maximum absolute atomic E-state index is 12.9. The largest absolute Gasteiger partial charge is 0.478 e. The van der Waals surface area contributed by atoms with Crippen LogP contribution in [0.3, 0.4) is 0 Å². The highest BCUT2D eigenvalue weighted by molar-refractivity contribution is 7.86. The van der Waals surface area contributed by atoms with Gasteiger partial charge in [-0.25, -0.2) is 4.79 Å². The molecule has 2 aliphatic heterocycles. The van der Waals surface area contributed by atoms with Crippen molar-refractivity contribution in [2.45, 2.75) is 38.0 Å². The molecule has 0 spiro atoms. The quantitative estimate of drug-likeness (QED) is 0.902. The third kappa shape index (κ3) is 3.63. The number of aromatic carboxylic acids is 1. The predicted molar refractivity (Wildman–Crippen MR) is 91.3 cm³/mol. The summed E-state index contributed by atoms with van der Waals surface area (Å²) in [5.74, 6) is -0.900. The first-order valence-corrected chi connectivity index (χ1v) is 9.96. The topological polar surface area (TPSA) is 77.9 Å². The standard InChI is InChI=1S/C17H24N2O4S/c20-17(21)15-7-4-6-14(12-15)16-8-5-11-19(13-16)24(22,23)18-9-2-1-3-10-18/h4,6-7,12,16H,1-3,5,8-11,13H2,(H,20,21)/t16-/m1/s1. The molecular weight excluding hydrogens is 328 g/mol. The highest BCUT2D eigenvalue weighted by Crippen LogP contribution is 2.30. The lowest BCUT2D eigenvalue weighted by molar-refractivity contribution is 0.0696. The molecule has 0 amide bonds. The van der Waals surface area contributed by atoms with Gasteiger partial charge in [0.25, 0.3) is 10.2 Å². The van der Waals surface area contributed by atoms with E-state index in [-0.39, 0.29) is 11.5 Å². The van der Waals surface area contributed by atoms with Crippen molar-refractivity contribution in [3.05, 3.63) is 35.4 Å². The molecule has 3 rings (SSSR count). The van der Waals surface area contributed by atoms with Gasteiger partial charge < -0.3 is 5.11 Å². The van der Waals surface area contributed by atoms with E-state index in [0.29, 0.717) is 26.2 Å². The van der Waals surface area contributed by atoms with Gasteiger partial charge in [-0.3, -0.25) is 0 Å². The Morgan fingerprint density at radius 3 is 2.46 bits per heavy atom. The first-order valence-electron chi connectivity index (χ1n) is 8.57. The second kappa shape index (κ2) is 7.21. The van der Waals surface area contributed by atoms with E-state index in [9.17, 15) is 13.2 Å². The van der Waals surface area contributed by atoms with Crippen molar-refractivity contribution in [1.82, 2.24) is 8.61 Å². The van der Waals surface area contributed by atoms with Gasteiger partial charge >= 0.3 is 5.97 Å². The molecule has 7 heteroatoms. The fourth-order valence-corrected chi connectivity index (χ4v) is 5.38. The van der Waals surface area contributed by atoms with Gasteiger partial charge in [0.1, 0.15) is 0 Å². The third-order valence-corrected chi connectivity index (χ3v) is 6.96. The Bertz CT molecular complexity index is 698. The van der Waals surface area contributed by atoms with E-state index in [2.05, 4.69) is 0 Å². The van der Waals surface area contributed by atoms with Crippen LogP contribution in [0.5, 0.6) is 0 Å². The van der Waals surface area contributed by atoms with Crippen LogP contribution < -0.4 is 0 Å². The Hall–Kier alpha value is -1.44. The van der Waals surface area contributed by atoms with Crippen LogP contribution in [0.2, 0.25) is 0 Å². The van der Waals surface area contributed by atoms with Crippen LogP contribution in [0.4, 0.5) is 0 Å². The molecule has 2 aliphatic rings. The second-order valence-electron chi connectivity index (χ2n) is 6.60. The molecule has 1 atom stereocenters. The highest BCUT2D eigenvalue weighted by atomic mass is 32.2. The number of carbonyl (C=O) groups is 1. The first kappa shape index (κ1) is 17.4. The summed E-state index contributed by atoms with van der Waals surface area (Å²) in [5.41, 5.74) is 1.16. The Kier molecular flexibility index (Phi) is 5.22. The van der Waals surface area contributed by atoms with E-state index in [1.165, 1.54) is 0 Å². The molecule has 24 heavy (non-hydrogen) atoms. The zero-order valence-electron chi connectivity index (χ0n) is 13.7. The van der Waals surface area contributed by atoms with E-state index in [0.717, 1.165) is 37.7 Å². The van der Waals surface area contributed by atoms with E-state index < -0.39 is 16.2 Å². The minimum atomic E-state index is -3.40. The van der Waals surface area contributed by atoms with Gasteiger partial charge in [-0.05, 0) is 49.3 Å². The Morgan fingerprint density at radius 1 is 1.04 bits per heavy atom. The summed E-state index contributed by atoms with van der Waals surface area (Å²) in [6.45, 7) is 2.20. The molecule has 0 radical (unpaired) electrons. The van der Waals surface area contributed by atoms with Gasteiger partial charge in [0, 0.05) is 26.2 Å². The molecule has 1 aromatic carbocycles. The lowest BCUT2D eigenvalue weighted by Gasteiger charge is -2.37. The van der Waals surface area contributed by atoms with Crippen LogP contribution >= 0.6 is 0 Å². The number of nitrogens with zero attached hydrogens (tertiary/aromatic N) is 2. The highest BCUT2D eigenvalue weighted by Gasteiger charge is 2.34. The normalized spacial score (nSPS) is 23.9. The molecular formula is C17H24N2O4S. The average molecular weight is 352 g/mol. The van der Waals surface area contributed by atoms with Crippen LogP contribution in [0.15, 0.2) is 24.3 Å². The third-order valence-electron chi connectivity index (χ3n) is 4.96. The zero-order valence-corrected chi connectivity index (χ0v) is 14.5. The molecule has 1 N–H and O–H groups in total. The smallest absolute Gasteiger partial charge is 0.335 e. The monoisotopic (exact) mass is 352 g/mol. The molecule has 0 bridgehead atoms. The van der Waals surface area contributed by atoms with Crippen LogP contribution in [-0.2, 0) is 10.2 Å². The van der Waals surface area contributed by atoms with Crippen molar-refractivity contribution in [2.75, 3.05) is 26.2 Å². The van der Waals surface area contributed by atoms with Crippen molar-refractivity contribution in [3.63, 3.8) is 0 Å². The number of carboxylic acid groups (broad SMARTS) is 1. The van der Waals surface area contributed by atoms with Crippen molar-refractivity contribution < 1.29 is 18.3 Å². The SMILES string of the molecule is O=C(O)c1cccc([C@@H]2CCCN(S(=O)(=O)N3CCCCC3)C2)c1. The molecule has 1 aromatic rings. The van der Waals surface area contributed by atoms with E-state index in [4.69, 9.17) is 5.11 Å². The molecule has 2 fully saturated rings. The van der Waals surface area contributed by atoms with Crippen LogP contribution in [0.1, 0.15) is 53.9 Å². The van der Waals surface area contributed by atoms with Crippen molar-refractivity contribution >= 4 is 16.2 Å². The average Bonchev–Trinajstić information content (AvgIpc) is 2.62. The maximum Gasteiger partial charge on any atom is 0.335 e. The molecule has 0 unspecified atom stereocenters. The summed E-state index contributed by atoms with van der Waals surface area (Å²) in [7, 11) is -3.40. The fourth-order valence-electron chi connectivity index (χ4n) is 3.61. The number of piperidine rings is 2. The maximum atomic E-state index is 12.9. The van der Waals surface area contributed by atoms with Crippen LogP contribution in [0.25, 0.3) is 0 Å². The summed E-state index contributed by atoms with van der Waals surface area (Å²) in [4.78, 5) is 11.2. The number of benzene rings is 1. The fraction of sp³-hybridized carbons (Fsp3) is 0.588. The molecule has 0 aliphatic carbocycles. The predicted octanol–water partition coefficient (Wildman–Crippen LogP) is 2.29. The molecule has 0 saturated carbocycles. The van der Waals surface area contributed by atoms with Crippen molar-refractivity contribution in [2.24, 2.45) is 0 Å². The van der Waals surface area contributed by atoms with Crippen LogP contribution in [0, 0.1) is 0 Å². The van der Waals surface area contributed by atoms with E-state index >= 15 is 0 Å². The van der Waals surface area contributed by atoms with Crippen LogP contribution in [-0.4, -0.2) is 54.3 Å². The molecule has 2 heterocycles. The molecule has 132 valence electrons. The number of hydrogen-bond acceptors (Lipinski definition) is 3. The van der Waals surface area contributed by atoms with E-state index in [1.807, 2.05) is 6.07 Å². The van der Waals surface area contributed by atoms with Gasteiger partial charge in [-0.15, -0.1) is 0 Å². The lowest BCUT2D eigenvalue weighted by Crippen LogP contribution is -2.49. The lowest BCUT2D eigenvalue weighted by atomic mass is 9.91. The zero-order chi connectivity index (χ0) is 17.2. The number of carboxylic acids is 1. The van der Waals surface area contributed by atoms with Gasteiger partial charge in [-0.1, -0.05) is 18.6 Å². The Morgan fingerprint density at radius 2 is 1.75 bits per heavy atom. The van der Waals surface area contributed by atoms with Gasteiger partial charge in [-0.2, -0.15) is 17.0 Å².